The summed E-state index contributed by atoms with van der Waals surface area (Å²) in [5.41, 5.74) is 3.61. The van der Waals surface area contributed by atoms with Crippen LogP contribution in [0.3, 0.4) is 0 Å². The Bertz CT molecular complexity index is 646. The summed E-state index contributed by atoms with van der Waals surface area (Å²) >= 11 is 13.1. The van der Waals surface area contributed by atoms with Crippen molar-refractivity contribution >= 4 is 23.2 Å². The number of alkyl halides is 2. The SMILES string of the molecule is CCOc1ccc(C(c2ccc(C(C)(C)C)cc2)C(C)(Cl)Cl)cc1. The number of ether oxygens (including phenoxy) is 1. The predicted octanol–water partition coefficient (Wildman–Crippen LogP) is 6.71. The van der Waals surface area contributed by atoms with Crippen molar-refractivity contribution in [1.29, 1.82) is 0 Å². The average Bonchev–Trinajstić information content (AvgIpc) is 2.48. The molecule has 0 spiro atoms. The third kappa shape index (κ3) is 4.68. The van der Waals surface area contributed by atoms with Crippen LogP contribution >= 0.6 is 23.2 Å². The normalized spacial score (nSPS) is 13.6. The molecule has 2 aromatic carbocycles. The number of halogens is 2. The second kappa shape index (κ2) is 7.37. The first-order valence-corrected chi connectivity index (χ1v) is 9.09. The van der Waals surface area contributed by atoms with Crippen molar-refractivity contribution in [2.75, 3.05) is 6.61 Å². The van der Waals surface area contributed by atoms with Gasteiger partial charge in [-0.25, -0.2) is 0 Å². The fourth-order valence-electron chi connectivity index (χ4n) is 2.88. The molecule has 0 aliphatic carbocycles. The fraction of sp³-hybridized carbons (Fsp3) is 0.429. The second-order valence-electron chi connectivity index (χ2n) is 7.26. The third-order valence-corrected chi connectivity index (χ3v) is 4.58. The Balaban J connectivity index is 2.39. The summed E-state index contributed by atoms with van der Waals surface area (Å²) in [6.45, 7) is 11.1. The van der Waals surface area contributed by atoms with E-state index in [0.29, 0.717) is 6.61 Å². The average molecular weight is 365 g/mol. The van der Waals surface area contributed by atoms with Gasteiger partial charge in [-0.05, 0) is 48.1 Å². The van der Waals surface area contributed by atoms with Gasteiger partial charge < -0.3 is 4.74 Å². The Morgan fingerprint density at radius 2 is 1.29 bits per heavy atom. The standard InChI is InChI=1S/C21H26Cl2O/c1-6-24-18-13-9-16(10-14-18)19(21(5,22)23)15-7-11-17(12-8-15)20(2,3)4/h7-14,19H,6H2,1-5H3. The topological polar surface area (TPSA) is 9.23 Å². The van der Waals surface area contributed by atoms with Gasteiger partial charge in [0.2, 0.25) is 0 Å². The lowest BCUT2D eigenvalue weighted by atomic mass is 9.83. The highest BCUT2D eigenvalue weighted by Crippen LogP contribution is 2.43. The van der Waals surface area contributed by atoms with Gasteiger partial charge in [-0.15, -0.1) is 23.2 Å². The van der Waals surface area contributed by atoms with Crippen molar-refractivity contribution in [2.45, 2.75) is 50.3 Å². The molecular formula is C21H26Cl2O. The van der Waals surface area contributed by atoms with Crippen LogP contribution in [0.4, 0.5) is 0 Å². The quantitative estimate of drug-likeness (QED) is 0.535. The molecule has 0 N–H and O–H groups in total. The third-order valence-electron chi connectivity index (χ3n) is 4.14. The molecule has 0 aromatic heterocycles. The molecule has 3 heteroatoms. The molecule has 1 nitrogen and oxygen atoms in total. The highest BCUT2D eigenvalue weighted by Gasteiger charge is 2.32. The molecule has 24 heavy (non-hydrogen) atoms. The molecule has 2 aromatic rings. The van der Waals surface area contributed by atoms with E-state index in [9.17, 15) is 0 Å². The zero-order valence-corrected chi connectivity index (χ0v) is 16.6. The van der Waals surface area contributed by atoms with E-state index in [1.54, 1.807) is 0 Å². The van der Waals surface area contributed by atoms with Crippen LogP contribution in [0.2, 0.25) is 0 Å². The summed E-state index contributed by atoms with van der Waals surface area (Å²) in [7, 11) is 0. The van der Waals surface area contributed by atoms with E-state index in [2.05, 4.69) is 45.0 Å². The zero-order chi connectivity index (χ0) is 18.0. The molecule has 0 radical (unpaired) electrons. The molecule has 0 bridgehead atoms. The minimum absolute atomic E-state index is 0.106. The lowest BCUT2D eigenvalue weighted by Crippen LogP contribution is -2.21. The van der Waals surface area contributed by atoms with Gasteiger partial charge in [0.05, 0.1) is 6.61 Å². The van der Waals surface area contributed by atoms with E-state index in [-0.39, 0.29) is 11.3 Å². The number of hydrogen-bond donors (Lipinski definition) is 0. The maximum absolute atomic E-state index is 6.53. The molecule has 0 fully saturated rings. The molecule has 0 aliphatic heterocycles. The van der Waals surface area contributed by atoms with Gasteiger partial charge in [-0.1, -0.05) is 57.2 Å². The van der Waals surface area contributed by atoms with Gasteiger partial charge >= 0.3 is 0 Å². The zero-order valence-electron chi connectivity index (χ0n) is 15.1. The molecule has 0 saturated heterocycles. The fourth-order valence-corrected chi connectivity index (χ4v) is 3.38. The van der Waals surface area contributed by atoms with Gasteiger partial charge in [-0.2, -0.15) is 0 Å². The van der Waals surface area contributed by atoms with E-state index in [0.717, 1.165) is 16.9 Å². The summed E-state index contributed by atoms with van der Waals surface area (Å²) < 4.78 is 4.61. The van der Waals surface area contributed by atoms with Gasteiger partial charge in [0.1, 0.15) is 10.1 Å². The first-order chi connectivity index (χ1) is 11.1. The number of benzene rings is 2. The van der Waals surface area contributed by atoms with Crippen LogP contribution in [-0.2, 0) is 5.41 Å². The number of rotatable bonds is 5. The summed E-state index contributed by atoms with van der Waals surface area (Å²) in [6, 6.07) is 16.6. The smallest absolute Gasteiger partial charge is 0.126 e. The van der Waals surface area contributed by atoms with Gasteiger partial charge in [0, 0.05) is 5.92 Å². The number of hydrogen-bond acceptors (Lipinski definition) is 1. The highest BCUT2D eigenvalue weighted by atomic mass is 35.5. The van der Waals surface area contributed by atoms with Crippen molar-refractivity contribution in [3.05, 3.63) is 65.2 Å². The highest BCUT2D eigenvalue weighted by molar-refractivity contribution is 6.48. The molecule has 1 atom stereocenters. The molecule has 2 rings (SSSR count). The van der Waals surface area contributed by atoms with Crippen LogP contribution in [0.1, 0.15) is 57.2 Å². The van der Waals surface area contributed by atoms with E-state index in [1.807, 2.05) is 38.1 Å². The summed E-state index contributed by atoms with van der Waals surface area (Å²) in [5.74, 6) is 0.749. The Hall–Kier alpha value is -1.18. The van der Waals surface area contributed by atoms with Crippen LogP contribution in [0.15, 0.2) is 48.5 Å². The summed E-state index contributed by atoms with van der Waals surface area (Å²) in [6.07, 6.45) is 0. The van der Waals surface area contributed by atoms with Gasteiger partial charge in [-0.3, -0.25) is 0 Å². The van der Waals surface area contributed by atoms with Crippen molar-refractivity contribution in [2.24, 2.45) is 0 Å². The Morgan fingerprint density at radius 1 is 0.833 bits per heavy atom. The molecule has 0 heterocycles. The van der Waals surface area contributed by atoms with Crippen molar-refractivity contribution < 1.29 is 4.74 Å². The van der Waals surface area contributed by atoms with Gasteiger partial charge in [0.15, 0.2) is 0 Å². The molecule has 0 saturated carbocycles. The maximum atomic E-state index is 6.53. The molecular weight excluding hydrogens is 339 g/mol. The van der Waals surface area contributed by atoms with Crippen molar-refractivity contribution in [1.82, 2.24) is 0 Å². The van der Waals surface area contributed by atoms with Crippen LogP contribution in [-0.4, -0.2) is 10.9 Å². The Kier molecular flexibility index (Phi) is 5.88. The van der Waals surface area contributed by atoms with Crippen LogP contribution < -0.4 is 4.74 Å². The predicted molar refractivity (Wildman–Crippen MR) is 105 cm³/mol. The second-order valence-corrected chi connectivity index (χ2v) is 9.03. The molecule has 0 amide bonds. The van der Waals surface area contributed by atoms with Crippen LogP contribution in [0, 0.1) is 0 Å². The largest absolute Gasteiger partial charge is 0.494 e. The Labute approximate surface area is 155 Å². The lowest BCUT2D eigenvalue weighted by Gasteiger charge is -2.28. The molecule has 130 valence electrons. The minimum atomic E-state index is -0.906. The maximum Gasteiger partial charge on any atom is 0.126 e. The van der Waals surface area contributed by atoms with E-state index < -0.39 is 4.33 Å². The van der Waals surface area contributed by atoms with Gasteiger partial charge in [0.25, 0.3) is 0 Å². The first kappa shape index (κ1) is 19.1. The molecule has 1 unspecified atom stereocenters. The van der Waals surface area contributed by atoms with Crippen LogP contribution in [0.25, 0.3) is 0 Å². The monoisotopic (exact) mass is 364 g/mol. The summed E-state index contributed by atoms with van der Waals surface area (Å²) in [5, 5.41) is 0. The summed E-state index contributed by atoms with van der Waals surface area (Å²) in [4.78, 5) is 0. The lowest BCUT2D eigenvalue weighted by molar-refractivity contribution is 0.340. The van der Waals surface area contributed by atoms with E-state index in [4.69, 9.17) is 27.9 Å². The first-order valence-electron chi connectivity index (χ1n) is 8.34. The minimum Gasteiger partial charge on any atom is -0.494 e. The Morgan fingerprint density at radius 3 is 1.67 bits per heavy atom. The van der Waals surface area contributed by atoms with E-state index >= 15 is 0 Å². The van der Waals surface area contributed by atoms with E-state index in [1.165, 1.54) is 5.56 Å². The van der Waals surface area contributed by atoms with Crippen molar-refractivity contribution in [3.8, 4) is 5.75 Å². The molecule has 0 aliphatic rings. The van der Waals surface area contributed by atoms with Crippen LogP contribution in [0.5, 0.6) is 5.75 Å². The van der Waals surface area contributed by atoms with Crippen molar-refractivity contribution in [3.63, 3.8) is 0 Å².